The minimum absolute atomic E-state index is 0.0246. The number of halogens is 1. The molecule has 1 aliphatic rings. The molecule has 0 saturated heterocycles. The molecule has 0 radical (unpaired) electrons. The van der Waals surface area contributed by atoms with Crippen LogP contribution in [0.4, 0.5) is 0 Å². The van der Waals surface area contributed by atoms with Crippen LogP contribution in [0.2, 0.25) is 5.02 Å². The van der Waals surface area contributed by atoms with E-state index in [9.17, 15) is 10.1 Å². The van der Waals surface area contributed by atoms with E-state index in [0.717, 1.165) is 0 Å². The first-order valence-corrected chi connectivity index (χ1v) is 7.57. The molecular formula is C17H17ClN2O4. The number of nitriles is 1. The molecule has 0 aromatic heterocycles. The van der Waals surface area contributed by atoms with Gasteiger partial charge in [-0.25, -0.2) is 4.79 Å². The predicted molar refractivity (Wildman–Crippen MR) is 87.6 cm³/mol. The zero-order chi connectivity index (χ0) is 17.7. The number of allylic oxidation sites excluding steroid dienone is 2. The molecule has 0 amide bonds. The highest BCUT2D eigenvalue weighted by atomic mass is 35.5. The highest BCUT2D eigenvalue weighted by Crippen LogP contribution is 2.39. The number of nitrogens with two attached hydrogens (primary N) is 1. The number of carbonyl (C=O) groups excluding carboxylic acids is 1. The van der Waals surface area contributed by atoms with E-state index in [2.05, 4.69) is 0 Å². The number of hydrogen-bond acceptors (Lipinski definition) is 6. The summed E-state index contributed by atoms with van der Waals surface area (Å²) in [5, 5.41) is 10.0. The summed E-state index contributed by atoms with van der Waals surface area (Å²) >= 11 is 5.92. The van der Waals surface area contributed by atoms with E-state index in [1.54, 1.807) is 31.2 Å². The third-order valence-electron chi connectivity index (χ3n) is 3.55. The Morgan fingerprint density at radius 2 is 2.04 bits per heavy atom. The van der Waals surface area contributed by atoms with Crippen molar-refractivity contribution in [1.29, 1.82) is 5.26 Å². The van der Waals surface area contributed by atoms with Crippen LogP contribution in [-0.2, 0) is 19.0 Å². The zero-order valence-electron chi connectivity index (χ0n) is 13.3. The molecule has 1 heterocycles. The second kappa shape index (κ2) is 7.86. The van der Waals surface area contributed by atoms with Crippen molar-refractivity contribution in [2.24, 2.45) is 5.73 Å². The molecule has 0 unspecified atom stereocenters. The Labute approximate surface area is 145 Å². The van der Waals surface area contributed by atoms with Gasteiger partial charge in [-0.2, -0.15) is 5.26 Å². The molecule has 0 saturated carbocycles. The molecule has 2 rings (SSSR count). The van der Waals surface area contributed by atoms with Crippen molar-refractivity contribution in [2.45, 2.75) is 12.8 Å². The standard InChI is InChI=1S/C17H17ClN2O4/c1-10-14(17(21)23-8-7-22-2)15(13(9-19)16(20)24-10)11-3-5-12(18)6-4-11/h3-6,15H,7-8,20H2,1-2H3/t15-/m1/s1. The summed E-state index contributed by atoms with van der Waals surface area (Å²) in [7, 11) is 1.51. The number of nitrogens with zero attached hydrogens (tertiary/aromatic N) is 1. The van der Waals surface area contributed by atoms with Crippen LogP contribution in [0.15, 0.2) is 47.1 Å². The molecular weight excluding hydrogens is 332 g/mol. The SMILES string of the molecule is COCCOC(=O)C1=C(C)OC(N)=C(C#N)[C@H]1c1ccc(Cl)cc1. The monoisotopic (exact) mass is 348 g/mol. The molecule has 0 aliphatic carbocycles. The molecule has 0 fully saturated rings. The summed E-state index contributed by atoms with van der Waals surface area (Å²) in [4.78, 5) is 12.5. The smallest absolute Gasteiger partial charge is 0.338 e. The summed E-state index contributed by atoms with van der Waals surface area (Å²) in [6.45, 7) is 1.98. The van der Waals surface area contributed by atoms with Gasteiger partial charge in [0.05, 0.1) is 18.1 Å². The van der Waals surface area contributed by atoms with Crippen LogP contribution in [0.5, 0.6) is 0 Å². The van der Waals surface area contributed by atoms with Gasteiger partial charge >= 0.3 is 5.97 Å². The fourth-order valence-corrected chi connectivity index (χ4v) is 2.56. The quantitative estimate of drug-likeness (QED) is 0.649. The second-order valence-electron chi connectivity index (χ2n) is 5.07. The Morgan fingerprint density at radius 1 is 1.38 bits per heavy atom. The van der Waals surface area contributed by atoms with Crippen molar-refractivity contribution in [1.82, 2.24) is 0 Å². The molecule has 1 aromatic carbocycles. The molecule has 7 heteroatoms. The van der Waals surface area contributed by atoms with Gasteiger partial charge in [-0.05, 0) is 24.6 Å². The van der Waals surface area contributed by atoms with E-state index >= 15 is 0 Å². The van der Waals surface area contributed by atoms with Crippen molar-refractivity contribution in [3.8, 4) is 6.07 Å². The van der Waals surface area contributed by atoms with Gasteiger partial charge in [0.15, 0.2) is 0 Å². The van der Waals surface area contributed by atoms with Gasteiger partial charge < -0.3 is 19.9 Å². The topological polar surface area (TPSA) is 94.6 Å². The molecule has 0 bridgehead atoms. The summed E-state index contributed by atoms with van der Waals surface area (Å²) in [6, 6.07) is 8.85. The van der Waals surface area contributed by atoms with Gasteiger partial charge in [0, 0.05) is 12.1 Å². The van der Waals surface area contributed by atoms with Crippen LogP contribution in [0, 0.1) is 11.3 Å². The minimum atomic E-state index is -0.670. The first-order chi connectivity index (χ1) is 11.5. The lowest BCUT2D eigenvalue weighted by molar-refractivity contribution is -0.140. The van der Waals surface area contributed by atoms with Gasteiger partial charge in [-0.3, -0.25) is 0 Å². The first kappa shape index (κ1) is 17.9. The Bertz CT molecular complexity index is 732. The fraction of sp³-hybridized carbons (Fsp3) is 0.294. The van der Waals surface area contributed by atoms with E-state index < -0.39 is 11.9 Å². The Morgan fingerprint density at radius 3 is 2.62 bits per heavy atom. The number of methoxy groups -OCH3 is 1. The van der Waals surface area contributed by atoms with Crippen LogP contribution >= 0.6 is 11.6 Å². The number of hydrogen-bond donors (Lipinski definition) is 1. The zero-order valence-corrected chi connectivity index (χ0v) is 14.1. The van der Waals surface area contributed by atoms with Gasteiger partial charge in [0.25, 0.3) is 0 Å². The maximum atomic E-state index is 12.5. The van der Waals surface area contributed by atoms with Crippen molar-refractivity contribution < 1.29 is 19.0 Å². The molecule has 2 N–H and O–H groups in total. The lowest BCUT2D eigenvalue weighted by Gasteiger charge is -2.26. The average molecular weight is 349 g/mol. The maximum absolute atomic E-state index is 12.5. The van der Waals surface area contributed by atoms with E-state index in [4.69, 9.17) is 31.5 Å². The molecule has 6 nitrogen and oxygen atoms in total. The van der Waals surface area contributed by atoms with Gasteiger partial charge in [0.2, 0.25) is 5.88 Å². The highest BCUT2D eigenvalue weighted by molar-refractivity contribution is 6.30. The number of ether oxygens (including phenoxy) is 3. The highest BCUT2D eigenvalue weighted by Gasteiger charge is 2.36. The fourth-order valence-electron chi connectivity index (χ4n) is 2.43. The molecule has 24 heavy (non-hydrogen) atoms. The van der Waals surface area contributed by atoms with Crippen molar-refractivity contribution in [3.05, 3.63) is 57.6 Å². The maximum Gasteiger partial charge on any atom is 0.338 e. The average Bonchev–Trinajstić information content (AvgIpc) is 2.55. The van der Waals surface area contributed by atoms with Crippen LogP contribution < -0.4 is 5.73 Å². The Hall–Kier alpha value is -2.49. The normalized spacial score (nSPS) is 17.3. The lowest BCUT2D eigenvalue weighted by Crippen LogP contribution is -2.26. The third kappa shape index (κ3) is 3.70. The van der Waals surface area contributed by atoms with Gasteiger partial charge in [0.1, 0.15) is 24.0 Å². The van der Waals surface area contributed by atoms with E-state index in [0.29, 0.717) is 16.3 Å². The van der Waals surface area contributed by atoms with Gasteiger partial charge in [-0.1, -0.05) is 23.7 Å². The number of benzene rings is 1. The molecule has 1 aliphatic heterocycles. The number of rotatable bonds is 5. The largest absolute Gasteiger partial charge is 0.460 e. The summed E-state index contributed by atoms with van der Waals surface area (Å²) in [5.74, 6) is -0.974. The predicted octanol–water partition coefficient (Wildman–Crippen LogP) is 2.61. The number of carbonyl (C=O) groups is 1. The Balaban J connectivity index is 2.45. The minimum Gasteiger partial charge on any atom is -0.460 e. The van der Waals surface area contributed by atoms with Crippen LogP contribution in [0.1, 0.15) is 18.4 Å². The van der Waals surface area contributed by atoms with E-state index in [1.165, 1.54) is 7.11 Å². The lowest BCUT2D eigenvalue weighted by atomic mass is 9.83. The molecule has 1 aromatic rings. The first-order valence-electron chi connectivity index (χ1n) is 7.19. The van der Waals surface area contributed by atoms with Crippen LogP contribution in [0.25, 0.3) is 0 Å². The van der Waals surface area contributed by atoms with Crippen LogP contribution in [-0.4, -0.2) is 26.3 Å². The van der Waals surface area contributed by atoms with E-state index in [-0.39, 0.29) is 30.2 Å². The molecule has 126 valence electrons. The molecule has 1 atom stereocenters. The Kier molecular flexibility index (Phi) is 5.85. The van der Waals surface area contributed by atoms with Crippen LogP contribution in [0.3, 0.4) is 0 Å². The van der Waals surface area contributed by atoms with Crippen molar-refractivity contribution in [2.75, 3.05) is 20.3 Å². The third-order valence-corrected chi connectivity index (χ3v) is 3.80. The summed E-state index contributed by atoms with van der Waals surface area (Å²) < 4.78 is 15.4. The summed E-state index contributed by atoms with van der Waals surface area (Å²) in [5.41, 5.74) is 6.91. The van der Waals surface area contributed by atoms with E-state index in [1.807, 2.05) is 6.07 Å². The summed E-state index contributed by atoms with van der Waals surface area (Å²) in [6.07, 6.45) is 0. The van der Waals surface area contributed by atoms with Crippen molar-refractivity contribution >= 4 is 17.6 Å². The number of esters is 1. The van der Waals surface area contributed by atoms with Crippen molar-refractivity contribution in [3.63, 3.8) is 0 Å². The van der Waals surface area contributed by atoms with Gasteiger partial charge in [-0.15, -0.1) is 0 Å². The molecule has 0 spiro atoms. The second-order valence-corrected chi connectivity index (χ2v) is 5.51.